The predicted octanol–water partition coefficient (Wildman–Crippen LogP) is 6.11. The van der Waals surface area contributed by atoms with E-state index in [9.17, 15) is 14.7 Å². The summed E-state index contributed by atoms with van der Waals surface area (Å²) < 4.78 is 5.23. The lowest BCUT2D eigenvalue weighted by atomic mass is 9.70. The van der Waals surface area contributed by atoms with E-state index in [1.807, 2.05) is 6.07 Å². The minimum atomic E-state index is -1.06. The van der Waals surface area contributed by atoms with Gasteiger partial charge in [-0.1, -0.05) is 84.5 Å². The van der Waals surface area contributed by atoms with Crippen LogP contribution in [-0.2, 0) is 15.1 Å². The molecule has 2 unspecified atom stereocenters. The fraction of sp³-hybridized carbons (Fsp3) is 0.419. The van der Waals surface area contributed by atoms with Crippen molar-refractivity contribution in [1.29, 1.82) is 0 Å². The molecule has 6 heteroatoms. The number of carbonyl (C=O) groups is 2. The van der Waals surface area contributed by atoms with Crippen LogP contribution in [0.25, 0.3) is 0 Å². The zero-order chi connectivity index (χ0) is 26.9. The van der Waals surface area contributed by atoms with Crippen LogP contribution in [0.4, 0.5) is 4.79 Å². The lowest BCUT2D eigenvalue weighted by Crippen LogP contribution is -2.49. The van der Waals surface area contributed by atoms with Crippen molar-refractivity contribution in [1.82, 2.24) is 10.6 Å². The molecule has 0 heterocycles. The van der Waals surface area contributed by atoms with Crippen molar-refractivity contribution < 1.29 is 19.4 Å². The number of hydrogen-bond acceptors (Lipinski definition) is 4. The van der Waals surface area contributed by atoms with Gasteiger partial charge in [-0.15, -0.1) is 0 Å². The molecular weight excluding hydrogens is 464 g/mol. The molecule has 3 rings (SSSR count). The molecule has 2 aromatic rings. The number of aryl methyl sites for hydroxylation is 1. The summed E-state index contributed by atoms with van der Waals surface area (Å²) in [6, 6.07) is 18.2. The zero-order valence-corrected chi connectivity index (χ0v) is 22.4. The van der Waals surface area contributed by atoms with Crippen LogP contribution >= 0.6 is 0 Å². The number of carbonyl (C=O) groups excluding carboxylic acids is 1. The maximum absolute atomic E-state index is 12.1. The number of ether oxygens (including phenoxy) is 1. The van der Waals surface area contributed by atoms with Crippen molar-refractivity contribution in [2.45, 2.75) is 70.6 Å². The number of allylic oxidation sites excluding steroid dienone is 3. The first-order valence-electron chi connectivity index (χ1n) is 13.0. The van der Waals surface area contributed by atoms with Gasteiger partial charge in [0.2, 0.25) is 0 Å². The molecule has 3 atom stereocenters. The van der Waals surface area contributed by atoms with Crippen LogP contribution in [0.15, 0.2) is 78.9 Å². The Labute approximate surface area is 220 Å². The number of unbranched alkanes of at least 4 members (excludes halogenated alkanes) is 1. The van der Waals surface area contributed by atoms with E-state index in [0.717, 1.165) is 12.8 Å². The third-order valence-corrected chi connectivity index (χ3v) is 6.59. The van der Waals surface area contributed by atoms with Crippen molar-refractivity contribution in [3.05, 3.63) is 95.6 Å². The van der Waals surface area contributed by atoms with E-state index in [1.54, 1.807) is 20.8 Å². The molecule has 0 radical (unpaired) electrons. The van der Waals surface area contributed by atoms with Gasteiger partial charge in [-0.05, 0) is 71.0 Å². The minimum Gasteiger partial charge on any atom is -0.480 e. The van der Waals surface area contributed by atoms with E-state index >= 15 is 0 Å². The second-order valence-corrected chi connectivity index (χ2v) is 10.7. The number of amides is 1. The SMILES string of the molecule is Cc1ccc(C(NCCCC[C@H](NC(=O)OC(C)(C)C)C(=O)O)(c2ccccc2)C2C=CC=CC2)cc1. The molecule has 6 nitrogen and oxygen atoms in total. The summed E-state index contributed by atoms with van der Waals surface area (Å²) in [6.45, 7) is 8.03. The fourth-order valence-corrected chi connectivity index (χ4v) is 4.82. The standard InChI is InChI=1S/C31H40N2O4/c1-23-18-20-26(21-19-23)31(24-13-7-5-8-14-24,25-15-9-6-10-16-25)32-22-12-11-17-27(28(34)35)33-29(36)37-30(2,3)4/h5-10,13-15,18-21,25,27,32H,11-12,16-17,22H2,1-4H3,(H,33,36)(H,34,35)/t25?,27-,31?/m0/s1. The largest absolute Gasteiger partial charge is 0.480 e. The highest BCUT2D eigenvalue weighted by molar-refractivity contribution is 5.79. The first-order chi connectivity index (χ1) is 17.6. The van der Waals surface area contributed by atoms with Gasteiger partial charge in [0.05, 0.1) is 5.54 Å². The monoisotopic (exact) mass is 504 g/mol. The Morgan fingerprint density at radius 1 is 1.00 bits per heavy atom. The number of alkyl carbamates (subject to hydrolysis) is 1. The Morgan fingerprint density at radius 2 is 1.68 bits per heavy atom. The number of carboxylic acid groups (broad SMARTS) is 1. The number of aliphatic carboxylic acids is 1. The molecule has 1 amide bonds. The van der Waals surface area contributed by atoms with Crippen LogP contribution in [0, 0.1) is 12.8 Å². The molecule has 1 aliphatic rings. The first-order valence-corrected chi connectivity index (χ1v) is 13.0. The average Bonchev–Trinajstić information content (AvgIpc) is 2.86. The third kappa shape index (κ3) is 7.80. The van der Waals surface area contributed by atoms with Crippen LogP contribution in [-0.4, -0.2) is 35.4 Å². The molecule has 198 valence electrons. The number of hydrogen-bond donors (Lipinski definition) is 3. The van der Waals surface area contributed by atoms with E-state index in [1.165, 1.54) is 16.7 Å². The van der Waals surface area contributed by atoms with Crippen molar-refractivity contribution in [2.24, 2.45) is 5.92 Å². The third-order valence-electron chi connectivity index (χ3n) is 6.59. The van der Waals surface area contributed by atoms with Gasteiger partial charge < -0.3 is 20.5 Å². The van der Waals surface area contributed by atoms with Crippen LogP contribution in [0.5, 0.6) is 0 Å². The summed E-state index contributed by atoms with van der Waals surface area (Å²) in [7, 11) is 0. The maximum atomic E-state index is 12.1. The molecule has 0 bridgehead atoms. The predicted molar refractivity (Wildman–Crippen MR) is 147 cm³/mol. The van der Waals surface area contributed by atoms with Crippen LogP contribution in [0.1, 0.15) is 63.1 Å². The highest BCUT2D eigenvalue weighted by Gasteiger charge is 2.40. The Morgan fingerprint density at radius 3 is 2.27 bits per heavy atom. The van der Waals surface area contributed by atoms with E-state index in [-0.39, 0.29) is 5.92 Å². The summed E-state index contributed by atoms with van der Waals surface area (Å²) in [6.07, 6.45) is 10.6. The molecule has 0 spiro atoms. The van der Waals surface area contributed by atoms with Crippen molar-refractivity contribution in [2.75, 3.05) is 6.54 Å². The maximum Gasteiger partial charge on any atom is 0.408 e. The molecule has 0 saturated heterocycles. The van der Waals surface area contributed by atoms with E-state index in [4.69, 9.17) is 4.74 Å². The van der Waals surface area contributed by atoms with Gasteiger partial charge in [0.25, 0.3) is 0 Å². The molecule has 0 fully saturated rings. The van der Waals surface area contributed by atoms with Crippen molar-refractivity contribution >= 4 is 12.1 Å². The van der Waals surface area contributed by atoms with Crippen molar-refractivity contribution in [3.63, 3.8) is 0 Å². The molecular formula is C31H40N2O4. The summed E-state index contributed by atoms with van der Waals surface area (Å²) in [5, 5.41) is 16.0. The summed E-state index contributed by atoms with van der Waals surface area (Å²) in [4.78, 5) is 23.8. The van der Waals surface area contributed by atoms with E-state index < -0.39 is 29.2 Å². The quantitative estimate of drug-likeness (QED) is 0.322. The first kappa shape index (κ1) is 28.2. The fourth-order valence-electron chi connectivity index (χ4n) is 4.82. The van der Waals surface area contributed by atoms with E-state index in [2.05, 4.69) is 90.4 Å². The van der Waals surface area contributed by atoms with Gasteiger partial charge in [0.1, 0.15) is 11.6 Å². The lowest BCUT2D eigenvalue weighted by Gasteiger charge is -2.42. The second-order valence-electron chi connectivity index (χ2n) is 10.7. The minimum absolute atomic E-state index is 0.211. The van der Waals surface area contributed by atoms with Crippen LogP contribution < -0.4 is 10.6 Å². The lowest BCUT2D eigenvalue weighted by molar-refractivity contribution is -0.139. The van der Waals surface area contributed by atoms with Crippen LogP contribution in [0.2, 0.25) is 0 Å². The number of nitrogens with one attached hydrogen (secondary N) is 2. The van der Waals surface area contributed by atoms with Gasteiger partial charge in [-0.3, -0.25) is 0 Å². The van der Waals surface area contributed by atoms with Gasteiger partial charge >= 0.3 is 12.1 Å². The Kier molecular flexibility index (Phi) is 9.70. The van der Waals surface area contributed by atoms with Gasteiger partial charge in [0, 0.05) is 5.92 Å². The Hall–Kier alpha value is -3.38. The van der Waals surface area contributed by atoms with Gasteiger partial charge in [-0.25, -0.2) is 9.59 Å². The van der Waals surface area contributed by atoms with Crippen molar-refractivity contribution in [3.8, 4) is 0 Å². The molecule has 2 aromatic carbocycles. The smallest absolute Gasteiger partial charge is 0.408 e. The Balaban J connectivity index is 1.75. The summed E-state index contributed by atoms with van der Waals surface area (Å²) >= 11 is 0. The number of rotatable bonds is 11. The molecule has 1 aliphatic carbocycles. The average molecular weight is 505 g/mol. The molecule has 0 aromatic heterocycles. The van der Waals surface area contributed by atoms with Gasteiger partial charge in [0.15, 0.2) is 0 Å². The molecule has 0 aliphatic heterocycles. The Bertz CT molecular complexity index is 1090. The second kappa shape index (κ2) is 12.7. The highest BCUT2D eigenvalue weighted by Crippen LogP contribution is 2.41. The van der Waals surface area contributed by atoms with E-state index in [0.29, 0.717) is 19.4 Å². The molecule has 37 heavy (non-hydrogen) atoms. The molecule has 3 N–H and O–H groups in total. The molecule has 0 saturated carbocycles. The number of carboxylic acids is 1. The summed E-state index contributed by atoms with van der Waals surface area (Å²) in [5.74, 6) is -0.848. The number of benzene rings is 2. The highest BCUT2D eigenvalue weighted by atomic mass is 16.6. The topological polar surface area (TPSA) is 87.7 Å². The normalized spacial score (nSPS) is 17.6. The summed E-state index contributed by atoms with van der Waals surface area (Å²) in [5.41, 5.74) is 2.48. The van der Waals surface area contributed by atoms with Crippen LogP contribution in [0.3, 0.4) is 0 Å². The van der Waals surface area contributed by atoms with Gasteiger partial charge in [-0.2, -0.15) is 0 Å². The zero-order valence-electron chi connectivity index (χ0n) is 22.4.